The molecule has 1 fully saturated rings. The number of non-ortho nitro benzene ring substituents is 1. The molecule has 1 aromatic carbocycles. The largest absolute Gasteiger partial charge is 0.339 e. The van der Waals surface area contributed by atoms with Gasteiger partial charge in [-0.15, -0.1) is 0 Å². The second-order valence-corrected chi connectivity index (χ2v) is 5.21. The van der Waals surface area contributed by atoms with Crippen LogP contribution in [0.1, 0.15) is 25.3 Å². The van der Waals surface area contributed by atoms with E-state index in [-0.39, 0.29) is 23.6 Å². The van der Waals surface area contributed by atoms with E-state index < -0.39 is 4.92 Å². The number of hydrogen-bond acceptors (Lipinski definition) is 4. The maximum absolute atomic E-state index is 12.5. The third-order valence-electron chi connectivity index (χ3n) is 3.63. The molecule has 0 radical (unpaired) electrons. The number of carbonyl (C=O) groups is 1. The summed E-state index contributed by atoms with van der Waals surface area (Å²) in [5, 5.41) is 14.1. The van der Waals surface area contributed by atoms with Gasteiger partial charge < -0.3 is 10.2 Å². The highest BCUT2D eigenvalue weighted by Gasteiger charge is 2.26. The van der Waals surface area contributed by atoms with Crippen LogP contribution >= 0.6 is 0 Å². The first kappa shape index (κ1) is 14.5. The zero-order valence-corrected chi connectivity index (χ0v) is 11.7. The van der Waals surface area contributed by atoms with Gasteiger partial charge >= 0.3 is 0 Å². The molecule has 1 N–H and O–H groups in total. The number of nitro groups is 1. The molecule has 20 heavy (non-hydrogen) atoms. The average Bonchev–Trinajstić information content (AvgIpc) is 2.45. The van der Waals surface area contributed by atoms with Crippen LogP contribution in [0, 0.1) is 10.1 Å². The number of nitro benzene ring substituents is 1. The molecule has 0 aliphatic carbocycles. The highest BCUT2D eigenvalue weighted by atomic mass is 16.6. The minimum atomic E-state index is -0.437. The van der Waals surface area contributed by atoms with E-state index in [4.69, 9.17) is 0 Å². The van der Waals surface area contributed by atoms with Crippen molar-refractivity contribution in [3.05, 3.63) is 39.9 Å². The minimum Gasteiger partial charge on any atom is -0.339 e. The van der Waals surface area contributed by atoms with Crippen molar-refractivity contribution in [2.75, 3.05) is 19.6 Å². The Morgan fingerprint density at radius 2 is 2.30 bits per heavy atom. The summed E-state index contributed by atoms with van der Waals surface area (Å²) in [6, 6.07) is 6.59. The van der Waals surface area contributed by atoms with E-state index in [9.17, 15) is 14.9 Å². The predicted octanol–water partition coefficient (Wildman–Crippen LogP) is 1.52. The summed E-state index contributed by atoms with van der Waals surface area (Å²) in [7, 11) is 0. The van der Waals surface area contributed by atoms with Crippen LogP contribution in [-0.4, -0.2) is 41.4 Å². The van der Waals surface area contributed by atoms with Crippen molar-refractivity contribution >= 4 is 11.6 Å². The van der Waals surface area contributed by atoms with Crippen LogP contribution in [-0.2, 0) is 4.79 Å². The monoisotopic (exact) mass is 277 g/mol. The van der Waals surface area contributed by atoms with Gasteiger partial charge in [-0.05, 0) is 19.4 Å². The maximum Gasteiger partial charge on any atom is 0.269 e. The highest BCUT2D eigenvalue weighted by molar-refractivity contribution is 5.83. The van der Waals surface area contributed by atoms with Gasteiger partial charge in [0.2, 0.25) is 5.91 Å². The molecule has 1 heterocycles. The zero-order valence-electron chi connectivity index (χ0n) is 11.7. The van der Waals surface area contributed by atoms with Crippen molar-refractivity contribution in [3.63, 3.8) is 0 Å². The lowest BCUT2D eigenvalue weighted by Crippen LogP contribution is -2.52. The Hall–Kier alpha value is -1.95. The Bertz CT molecular complexity index is 518. The molecule has 108 valence electrons. The van der Waals surface area contributed by atoms with E-state index in [0.717, 1.165) is 6.54 Å². The first-order chi connectivity index (χ1) is 9.49. The van der Waals surface area contributed by atoms with Gasteiger partial charge in [0.15, 0.2) is 0 Å². The van der Waals surface area contributed by atoms with Crippen molar-refractivity contribution in [3.8, 4) is 0 Å². The van der Waals surface area contributed by atoms with Crippen LogP contribution < -0.4 is 5.32 Å². The third-order valence-corrected chi connectivity index (χ3v) is 3.63. The van der Waals surface area contributed by atoms with Gasteiger partial charge in [-0.25, -0.2) is 0 Å². The normalized spacial score (nSPS) is 20.5. The van der Waals surface area contributed by atoms with Crippen molar-refractivity contribution in [2.45, 2.75) is 25.8 Å². The lowest BCUT2D eigenvalue weighted by Gasteiger charge is -2.33. The van der Waals surface area contributed by atoms with Crippen LogP contribution in [0.3, 0.4) is 0 Å². The number of hydrogen-bond donors (Lipinski definition) is 1. The van der Waals surface area contributed by atoms with E-state index in [1.165, 1.54) is 12.1 Å². The van der Waals surface area contributed by atoms with Crippen LogP contribution in [0.25, 0.3) is 0 Å². The second-order valence-electron chi connectivity index (χ2n) is 5.21. The van der Waals surface area contributed by atoms with E-state index >= 15 is 0 Å². The number of rotatable bonds is 3. The van der Waals surface area contributed by atoms with E-state index in [2.05, 4.69) is 5.32 Å². The average molecular weight is 277 g/mol. The first-order valence-corrected chi connectivity index (χ1v) is 6.75. The Morgan fingerprint density at radius 3 is 2.95 bits per heavy atom. The van der Waals surface area contributed by atoms with Crippen molar-refractivity contribution in [1.29, 1.82) is 0 Å². The zero-order chi connectivity index (χ0) is 14.7. The molecule has 6 heteroatoms. The quantitative estimate of drug-likeness (QED) is 0.671. The van der Waals surface area contributed by atoms with Crippen molar-refractivity contribution in [2.24, 2.45) is 0 Å². The van der Waals surface area contributed by atoms with Gasteiger partial charge in [-0.3, -0.25) is 14.9 Å². The fraction of sp³-hybridized carbons (Fsp3) is 0.500. The summed E-state index contributed by atoms with van der Waals surface area (Å²) < 4.78 is 0. The molecule has 1 aromatic rings. The number of piperazine rings is 1. The first-order valence-electron chi connectivity index (χ1n) is 6.75. The Balaban J connectivity index is 2.13. The molecular formula is C14H19N3O3. The second kappa shape index (κ2) is 6.00. The predicted molar refractivity (Wildman–Crippen MR) is 75.6 cm³/mol. The molecular weight excluding hydrogens is 258 g/mol. The molecule has 6 nitrogen and oxygen atoms in total. The highest BCUT2D eigenvalue weighted by Crippen LogP contribution is 2.23. The smallest absolute Gasteiger partial charge is 0.269 e. The maximum atomic E-state index is 12.5. The van der Waals surface area contributed by atoms with Crippen molar-refractivity contribution in [1.82, 2.24) is 10.2 Å². The lowest BCUT2D eigenvalue weighted by atomic mass is 9.98. The molecule has 0 saturated carbocycles. The summed E-state index contributed by atoms with van der Waals surface area (Å²) in [6.45, 7) is 5.99. The summed E-state index contributed by atoms with van der Waals surface area (Å²) in [4.78, 5) is 24.6. The topological polar surface area (TPSA) is 75.5 Å². The van der Waals surface area contributed by atoms with E-state index in [1.54, 1.807) is 19.1 Å². The van der Waals surface area contributed by atoms with Crippen LogP contribution in [0.5, 0.6) is 0 Å². The Labute approximate surface area is 117 Å². The molecule has 2 rings (SSSR count). The molecule has 1 aliphatic rings. The SMILES string of the molecule is CC(C(=O)N1CCN[C@@H](C)C1)c1cccc([N+](=O)[O-])c1. The standard InChI is InChI=1S/C14H19N3O3/c1-10-9-16(7-6-15-10)14(18)11(2)12-4-3-5-13(8-12)17(19)20/h3-5,8,10-11,15H,6-7,9H2,1-2H3/t10-,11?/m0/s1. The third kappa shape index (κ3) is 3.14. The molecule has 0 bridgehead atoms. The number of nitrogens with one attached hydrogen (secondary N) is 1. The molecule has 1 unspecified atom stereocenters. The summed E-state index contributed by atoms with van der Waals surface area (Å²) in [5.41, 5.74) is 0.714. The number of amides is 1. The molecule has 1 amide bonds. The van der Waals surface area contributed by atoms with E-state index in [1.807, 2.05) is 11.8 Å². The van der Waals surface area contributed by atoms with Gasteiger partial charge in [0.05, 0.1) is 10.8 Å². The Kier molecular flexibility index (Phi) is 4.34. The molecule has 0 aromatic heterocycles. The van der Waals surface area contributed by atoms with Crippen molar-refractivity contribution < 1.29 is 9.72 Å². The summed E-state index contributed by atoms with van der Waals surface area (Å²) in [6.07, 6.45) is 0. The number of benzene rings is 1. The van der Waals surface area contributed by atoms with Gasteiger partial charge in [-0.1, -0.05) is 12.1 Å². The molecule has 1 aliphatic heterocycles. The fourth-order valence-electron chi connectivity index (χ4n) is 2.46. The molecule has 1 saturated heterocycles. The van der Waals surface area contributed by atoms with Gasteiger partial charge in [-0.2, -0.15) is 0 Å². The van der Waals surface area contributed by atoms with Crippen LogP contribution in [0.15, 0.2) is 24.3 Å². The van der Waals surface area contributed by atoms with Gasteiger partial charge in [0.25, 0.3) is 5.69 Å². The fourth-order valence-corrected chi connectivity index (χ4v) is 2.46. The van der Waals surface area contributed by atoms with E-state index in [0.29, 0.717) is 18.7 Å². The summed E-state index contributed by atoms with van der Waals surface area (Å²) >= 11 is 0. The Morgan fingerprint density at radius 1 is 1.55 bits per heavy atom. The summed E-state index contributed by atoms with van der Waals surface area (Å²) in [5.74, 6) is -0.334. The van der Waals surface area contributed by atoms with Gasteiger partial charge in [0.1, 0.15) is 0 Å². The minimum absolute atomic E-state index is 0.0239. The van der Waals surface area contributed by atoms with Gasteiger partial charge in [0, 0.05) is 37.8 Å². The van der Waals surface area contributed by atoms with Crippen LogP contribution in [0.2, 0.25) is 0 Å². The molecule has 0 spiro atoms. The molecule has 2 atom stereocenters. The lowest BCUT2D eigenvalue weighted by molar-refractivity contribution is -0.384. The van der Waals surface area contributed by atoms with Crippen LogP contribution in [0.4, 0.5) is 5.69 Å². The number of carbonyl (C=O) groups excluding carboxylic acids is 1. The number of nitrogens with zero attached hydrogens (tertiary/aromatic N) is 2.